The molecule has 0 aromatic heterocycles. The van der Waals surface area contributed by atoms with E-state index in [-0.39, 0.29) is 28.6 Å². The molecule has 0 aliphatic carbocycles. The average Bonchev–Trinajstić information content (AvgIpc) is 2.75. The molecule has 2 N–H and O–H groups in total. The Morgan fingerprint density at radius 2 is 1.78 bits per heavy atom. The lowest BCUT2D eigenvalue weighted by Crippen LogP contribution is -2.15. The van der Waals surface area contributed by atoms with Crippen LogP contribution in [0.4, 0.5) is 28.9 Å². The molecule has 32 heavy (non-hydrogen) atoms. The number of nitrogens with one attached hydrogen (secondary N) is 2. The van der Waals surface area contributed by atoms with Crippen LogP contribution in [0.3, 0.4) is 0 Å². The highest BCUT2D eigenvalue weighted by molar-refractivity contribution is 6.32. The standard InChI is InChI=1S/C23H19ClF4N2O2/c1-2-31-13-14-10-11-20(18(25)12-14)30-19-9-4-3-6-15(19)22(29)32-21-16(23(26,27)28)7-5-8-17(21)24/h3-12,29-30H,2,13H2,1H3. The maximum absolute atomic E-state index is 14.5. The summed E-state index contributed by atoms with van der Waals surface area (Å²) in [5.41, 5.74) is 0.0703. The van der Waals surface area contributed by atoms with Crippen LogP contribution in [0.1, 0.15) is 23.6 Å². The van der Waals surface area contributed by atoms with Gasteiger partial charge < -0.3 is 14.8 Å². The molecule has 0 saturated carbocycles. The predicted molar refractivity (Wildman–Crippen MR) is 115 cm³/mol. The monoisotopic (exact) mass is 466 g/mol. The quantitative estimate of drug-likeness (QED) is 0.220. The van der Waals surface area contributed by atoms with Crippen LogP contribution in [0.5, 0.6) is 5.75 Å². The fourth-order valence-corrected chi connectivity index (χ4v) is 3.11. The van der Waals surface area contributed by atoms with Crippen LogP contribution in [0.25, 0.3) is 0 Å². The van der Waals surface area contributed by atoms with Gasteiger partial charge in [-0.2, -0.15) is 13.2 Å². The lowest BCUT2D eigenvalue weighted by Gasteiger charge is -2.17. The third kappa shape index (κ3) is 5.57. The predicted octanol–water partition coefficient (Wildman–Crippen LogP) is 7.18. The Labute approximate surface area is 187 Å². The van der Waals surface area contributed by atoms with Crippen molar-refractivity contribution in [1.29, 1.82) is 5.41 Å². The van der Waals surface area contributed by atoms with Gasteiger partial charge in [0.2, 0.25) is 5.90 Å². The maximum Gasteiger partial charge on any atom is 0.420 e. The highest BCUT2D eigenvalue weighted by Crippen LogP contribution is 2.40. The molecule has 0 spiro atoms. The molecule has 0 amide bonds. The fourth-order valence-electron chi connectivity index (χ4n) is 2.90. The molecule has 0 aliphatic rings. The Bertz CT molecular complexity index is 1120. The van der Waals surface area contributed by atoms with Gasteiger partial charge in [0.25, 0.3) is 0 Å². The molecule has 0 radical (unpaired) electrons. The molecular weight excluding hydrogens is 448 g/mol. The number of ether oxygens (including phenoxy) is 2. The molecule has 0 atom stereocenters. The first-order valence-corrected chi connectivity index (χ1v) is 9.93. The van der Waals surface area contributed by atoms with Crippen molar-refractivity contribution in [2.24, 2.45) is 0 Å². The summed E-state index contributed by atoms with van der Waals surface area (Å²) in [4.78, 5) is 0. The molecule has 0 aliphatic heterocycles. The average molecular weight is 467 g/mol. The van der Waals surface area contributed by atoms with E-state index in [1.165, 1.54) is 24.3 Å². The van der Waals surface area contributed by atoms with E-state index in [2.05, 4.69) is 5.32 Å². The second-order valence-electron chi connectivity index (χ2n) is 6.67. The maximum atomic E-state index is 14.5. The van der Waals surface area contributed by atoms with Crippen LogP contribution in [0.2, 0.25) is 5.02 Å². The Morgan fingerprint density at radius 3 is 2.47 bits per heavy atom. The van der Waals surface area contributed by atoms with Crippen molar-refractivity contribution in [3.05, 3.63) is 88.2 Å². The number of anilines is 2. The van der Waals surface area contributed by atoms with Crippen molar-refractivity contribution in [2.75, 3.05) is 11.9 Å². The third-order valence-electron chi connectivity index (χ3n) is 4.42. The Hall–Kier alpha value is -3.10. The summed E-state index contributed by atoms with van der Waals surface area (Å²) in [5.74, 6) is -1.80. The summed E-state index contributed by atoms with van der Waals surface area (Å²) < 4.78 is 65.0. The van der Waals surface area contributed by atoms with Gasteiger partial charge in [-0.15, -0.1) is 0 Å². The van der Waals surface area contributed by atoms with Crippen molar-refractivity contribution >= 4 is 28.9 Å². The first-order chi connectivity index (χ1) is 15.2. The van der Waals surface area contributed by atoms with Crippen molar-refractivity contribution in [1.82, 2.24) is 0 Å². The largest absolute Gasteiger partial charge is 0.437 e. The number of alkyl halides is 3. The van der Waals surface area contributed by atoms with Gasteiger partial charge in [0, 0.05) is 6.61 Å². The molecular formula is C23H19ClF4N2O2. The normalized spacial score (nSPS) is 11.3. The van der Waals surface area contributed by atoms with Gasteiger partial charge in [-0.25, -0.2) is 4.39 Å². The summed E-state index contributed by atoms with van der Waals surface area (Å²) >= 11 is 5.91. The number of para-hydroxylation sites is 2. The van der Waals surface area contributed by atoms with Crippen LogP contribution in [0, 0.1) is 11.2 Å². The van der Waals surface area contributed by atoms with Gasteiger partial charge >= 0.3 is 6.18 Å². The highest BCUT2D eigenvalue weighted by Gasteiger charge is 2.36. The zero-order chi connectivity index (χ0) is 23.3. The Morgan fingerprint density at radius 1 is 1.03 bits per heavy atom. The van der Waals surface area contributed by atoms with Crippen molar-refractivity contribution in [2.45, 2.75) is 19.7 Å². The minimum absolute atomic E-state index is 0.123. The van der Waals surface area contributed by atoms with Crippen LogP contribution in [0.15, 0.2) is 60.7 Å². The molecule has 4 nitrogen and oxygen atoms in total. The van der Waals surface area contributed by atoms with Gasteiger partial charge in [-0.3, -0.25) is 5.41 Å². The number of rotatable bonds is 7. The molecule has 3 aromatic rings. The Balaban J connectivity index is 1.88. The van der Waals surface area contributed by atoms with Gasteiger partial charge in [-0.05, 0) is 48.9 Å². The summed E-state index contributed by atoms with van der Waals surface area (Å²) in [5, 5.41) is 10.8. The molecule has 0 saturated heterocycles. The lowest BCUT2D eigenvalue weighted by atomic mass is 10.1. The van der Waals surface area contributed by atoms with Crippen LogP contribution in [-0.2, 0) is 17.5 Å². The smallest absolute Gasteiger partial charge is 0.420 e. The second-order valence-corrected chi connectivity index (χ2v) is 7.07. The highest BCUT2D eigenvalue weighted by atomic mass is 35.5. The van der Waals surface area contributed by atoms with Crippen molar-refractivity contribution in [3.8, 4) is 5.75 Å². The van der Waals surface area contributed by atoms with Crippen LogP contribution in [-0.4, -0.2) is 12.5 Å². The topological polar surface area (TPSA) is 54.3 Å². The zero-order valence-electron chi connectivity index (χ0n) is 16.9. The minimum Gasteiger partial charge on any atom is -0.437 e. The number of halogens is 5. The van der Waals surface area contributed by atoms with Gasteiger partial charge in [-0.1, -0.05) is 35.9 Å². The molecule has 0 bridgehead atoms. The number of hydrogen-bond donors (Lipinski definition) is 2. The summed E-state index contributed by atoms with van der Waals surface area (Å²) in [6, 6.07) is 14.0. The number of benzene rings is 3. The van der Waals surface area contributed by atoms with Gasteiger partial charge in [0.15, 0.2) is 5.75 Å². The number of hydrogen-bond acceptors (Lipinski definition) is 4. The molecule has 0 heterocycles. The first-order valence-electron chi connectivity index (χ1n) is 9.55. The van der Waals surface area contributed by atoms with E-state index in [4.69, 9.17) is 26.5 Å². The Kier molecular flexibility index (Phi) is 7.37. The van der Waals surface area contributed by atoms with Crippen molar-refractivity contribution in [3.63, 3.8) is 0 Å². The van der Waals surface area contributed by atoms with E-state index in [9.17, 15) is 17.6 Å². The molecule has 0 fully saturated rings. The van der Waals surface area contributed by atoms with Crippen LogP contribution >= 0.6 is 11.6 Å². The third-order valence-corrected chi connectivity index (χ3v) is 4.72. The second kappa shape index (κ2) is 10.0. The first kappa shape index (κ1) is 23.6. The van der Waals surface area contributed by atoms with E-state index in [0.717, 1.165) is 12.1 Å². The summed E-state index contributed by atoms with van der Waals surface area (Å²) in [6.07, 6.45) is -4.72. The van der Waals surface area contributed by atoms with E-state index >= 15 is 0 Å². The van der Waals surface area contributed by atoms with Crippen LogP contribution < -0.4 is 10.1 Å². The fraction of sp³-hybridized carbons (Fsp3) is 0.174. The zero-order valence-corrected chi connectivity index (χ0v) is 17.6. The van der Waals surface area contributed by atoms with Gasteiger partial charge in [0.05, 0.1) is 34.1 Å². The van der Waals surface area contributed by atoms with E-state index in [0.29, 0.717) is 12.2 Å². The van der Waals surface area contributed by atoms with E-state index < -0.39 is 29.2 Å². The molecule has 3 rings (SSSR count). The molecule has 3 aromatic carbocycles. The van der Waals surface area contributed by atoms with Crippen molar-refractivity contribution < 1.29 is 27.0 Å². The molecule has 168 valence electrons. The van der Waals surface area contributed by atoms with E-state index in [1.54, 1.807) is 24.3 Å². The van der Waals surface area contributed by atoms with E-state index in [1.807, 2.05) is 6.92 Å². The summed E-state index contributed by atoms with van der Waals surface area (Å²) in [7, 11) is 0. The summed E-state index contributed by atoms with van der Waals surface area (Å²) in [6.45, 7) is 2.60. The lowest BCUT2D eigenvalue weighted by molar-refractivity contribution is -0.138. The SMILES string of the molecule is CCOCc1ccc(Nc2ccccc2C(=N)Oc2c(Cl)cccc2C(F)(F)F)c(F)c1. The molecule has 9 heteroatoms. The minimum atomic E-state index is -4.72. The van der Waals surface area contributed by atoms with Gasteiger partial charge in [0.1, 0.15) is 5.82 Å². The molecule has 0 unspecified atom stereocenters.